The average molecular weight is 269 g/mol. The second-order valence-corrected chi connectivity index (χ2v) is 4.22. The number of hydrogen-bond donors (Lipinski definition) is 2. The highest BCUT2D eigenvalue weighted by Crippen LogP contribution is 2.31. The third-order valence-electron chi connectivity index (χ3n) is 2.96. The third-order valence-corrected chi connectivity index (χ3v) is 2.96. The molecule has 0 spiro atoms. The summed E-state index contributed by atoms with van der Waals surface area (Å²) in [6, 6.07) is 7.31. The number of imidazole rings is 1. The minimum Gasteiger partial charge on any atom is -0.373 e. The van der Waals surface area contributed by atoms with E-state index in [4.69, 9.17) is 0 Å². The Hall–Kier alpha value is -2.96. The average Bonchev–Trinajstić information content (AvgIpc) is 2.97. The van der Waals surface area contributed by atoms with Crippen molar-refractivity contribution in [3.8, 4) is 0 Å². The molecule has 0 aliphatic heterocycles. The van der Waals surface area contributed by atoms with Gasteiger partial charge in [0.1, 0.15) is 11.9 Å². The van der Waals surface area contributed by atoms with Gasteiger partial charge in [-0.05, 0) is 6.07 Å². The van der Waals surface area contributed by atoms with Crippen LogP contribution in [0.4, 0.5) is 11.4 Å². The second-order valence-electron chi connectivity index (χ2n) is 4.22. The summed E-state index contributed by atoms with van der Waals surface area (Å²) in [6.45, 7) is 0.425. The topological polar surface area (TPSA) is 96.7 Å². The number of para-hydroxylation sites is 1. The number of pyridine rings is 1. The Bertz CT molecular complexity index is 755. The van der Waals surface area contributed by atoms with Gasteiger partial charge in [0.05, 0.1) is 29.0 Å². The van der Waals surface area contributed by atoms with Crippen LogP contribution < -0.4 is 5.32 Å². The smallest absolute Gasteiger partial charge is 0.311 e. The molecule has 7 nitrogen and oxygen atoms in total. The molecule has 100 valence electrons. The highest BCUT2D eigenvalue weighted by Gasteiger charge is 2.17. The van der Waals surface area contributed by atoms with Crippen molar-refractivity contribution in [2.45, 2.75) is 6.54 Å². The van der Waals surface area contributed by atoms with E-state index in [1.807, 2.05) is 24.3 Å². The Balaban J connectivity index is 2.05. The van der Waals surface area contributed by atoms with Crippen LogP contribution in [0.1, 0.15) is 5.69 Å². The summed E-state index contributed by atoms with van der Waals surface area (Å²) >= 11 is 0. The number of H-pyrrole nitrogens is 1. The van der Waals surface area contributed by atoms with E-state index in [2.05, 4.69) is 20.3 Å². The van der Waals surface area contributed by atoms with Crippen LogP contribution in [-0.2, 0) is 6.54 Å². The van der Waals surface area contributed by atoms with Crippen molar-refractivity contribution >= 4 is 22.3 Å². The summed E-state index contributed by atoms with van der Waals surface area (Å²) in [6.07, 6.45) is 4.51. The molecule has 0 aliphatic rings. The lowest BCUT2D eigenvalue weighted by Crippen LogP contribution is -2.04. The van der Waals surface area contributed by atoms with Crippen molar-refractivity contribution in [1.82, 2.24) is 15.0 Å². The number of nitro groups is 1. The van der Waals surface area contributed by atoms with Gasteiger partial charge in [0.15, 0.2) is 0 Å². The predicted molar refractivity (Wildman–Crippen MR) is 74.3 cm³/mol. The first-order valence-corrected chi connectivity index (χ1v) is 5.99. The first kappa shape index (κ1) is 12.1. The third kappa shape index (κ3) is 2.16. The Morgan fingerprint density at radius 3 is 2.90 bits per heavy atom. The number of rotatable bonds is 4. The molecular weight excluding hydrogens is 258 g/mol. The molecule has 0 aliphatic carbocycles. The molecule has 0 radical (unpaired) electrons. The maximum atomic E-state index is 11.1. The van der Waals surface area contributed by atoms with Gasteiger partial charge in [-0.1, -0.05) is 18.2 Å². The number of aromatic nitrogens is 3. The number of aromatic amines is 1. The number of nitrogens with one attached hydrogen (secondary N) is 2. The zero-order valence-corrected chi connectivity index (χ0v) is 10.4. The summed E-state index contributed by atoms with van der Waals surface area (Å²) in [5.74, 6) is 0. The minimum absolute atomic E-state index is 0.0387. The minimum atomic E-state index is -0.436. The van der Waals surface area contributed by atoms with Gasteiger partial charge in [-0.3, -0.25) is 10.1 Å². The van der Waals surface area contributed by atoms with Crippen molar-refractivity contribution in [1.29, 1.82) is 0 Å². The lowest BCUT2D eigenvalue weighted by molar-refractivity contribution is -0.384. The molecule has 0 bridgehead atoms. The van der Waals surface area contributed by atoms with Crippen LogP contribution in [0.15, 0.2) is 43.0 Å². The highest BCUT2D eigenvalue weighted by molar-refractivity contribution is 5.95. The Morgan fingerprint density at radius 2 is 2.15 bits per heavy atom. The van der Waals surface area contributed by atoms with Gasteiger partial charge in [0.25, 0.3) is 0 Å². The molecule has 0 unspecified atom stereocenters. The second kappa shape index (κ2) is 4.96. The van der Waals surface area contributed by atoms with E-state index >= 15 is 0 Å². The number of fused-ring (bicyclic) bond motifs is 1. The fourth-order valence-electron chi connectivity index (χ4n) is 2.02. The normalized spacial score (nSPS) is 10.6. The van der Waals surface area contributed by atoms with Crippen molar-refractivity contribution in [3.05, 3.63) is 58.8 Å². The van der Waals surface area contributed by atoms with Gasteiger partial charge in [0.2, 0.25) is 0 Å². The van der Waals surface area contributed by atoms with Crippen molar-refractivity contribution < 1.29 is 4.92 Å². The molecule has 3 aromatic rings. The molecule has 0 amide bonds. The zero-order chi connectivity index (χ0) is 13.9. The van der Waals surface area contributed by atoms with Crippen LogP contribution in [0.3, 0.4) is 0 Å². The van der Waals surface area contributed by atoms with E-state index in [-0.39, 0.29) is 5.69 Å². The number of hydrogen-bond acceptors (Lipinski definition) is 5. The molecule has 7 heteroatoms. The van der Waals surface area contributed by atoms with E-state index < -0.39 is 4.92 Å². The van der Waals surface area contributed by atoms with Gasteiger partial charge in [-0.25, -0.2) is 9.97 Å². The van der Waals surface area contributed by atoms with Crippen LogP contribution in [0.25, 0.3) is 10.9 Å². The lowest BCUT2D eigenvalue weighted by atomic mass is 10.1. The molecule has 2 heterocycles. The molecule has 2 N–H and O–H groups in total. The lowest BCUT2D eigenvalue weighted by Gasteiger charge is -2.09. The van der Waals surface area contributed by atoms with Crippen LogP contribution in [0, 0.1) is 10.1 Å². The summed E-state index contributed by atoms with van der Waals surface area (Å²) in [5, 5.41) is 14.9. The molecule has 1 aromatic carbocycles. The van der Waals surface area contributed by atoms with Crippen molar-refractivity contribution in [3.63, 3.8) is 0 Å². The number of anilines is 1. The van der Waals surface area contributed by atoms with E-state index in [0.29, 0.717) is 17.7 Å². The zero-order valence-electron chi connectivity index (χ0n) is 10.4. The molecular formula is C13H11N5O2. The predicted octanol–water partition coefficient (Wildman–Crippen LogP) is 2.48. The molecule has 0 saturated carbocycles. The fourth-order valence-corrected chi connectivity index (χ4v) is 2.02. The summed E-state index contributed by atoms with van der Waals surface area (Å²) < 4.78 is 0. The van der Waals surface area contributed by atoms with E-state index in [9.17, 15) is 10.1 Å². The number of nitrogens with zero attached hydrogens (tertiary/aromatic N) is 3. The first-order valence-electron chi connectivity index (χ1n) is 5.99. The molecule has 3 rings (SSSR count). The van der Waals surface area contributed by atoms with Crippen LogP contribution in [0.5, 0.6) is 0 Å². The standard InChI is InChI=1S/C13H11N5O2/c19-18(20)12-7-15-11-4-2-1-3-10(11)13(12)16-6-9-5-14-8-17-9/h1-5,7-8H,6H2,(H,14,17)(H,15,16). The van der Waals surface area contributed by atoms with Gasteiger partial charge in [-0.2, -0.15) is 0 Å². The van der Waals surface area contributed by atoms with E-state index in [1.54, 1.807) is 12.5 Å². The maximum Gasteiger partial charge on any atom is 0.311 e. The van der Waals surface area contributed by atoms with Gasteiger partial charge in [-0.15, -0.1) is 0 Å². The van der Waals surface area contributed by atoms with Gasteiger partial charge >= 0.3 is 5.69 Å². The summed E-state index contributed by atoms with van der Waals surface area (Å²) in [7, 11) is 0. The van der Waals surface area contributed by atoms with Crippen molar-refractivity contribution in [2.24, 2.45) is 0 Å². The van der Waals surface area contributed by atoms with Gasteiger partial charge in [0, 0.05) is 11.6 Å². The monoisotopic (exact) mass is 269 g/mol. The number of benzene rings is 1. The quantitative estimate of drug-likeness (QED) is 0.560. The van der Waals surface area contributed by atoms with Crippen LogP contribution >= 0.6 is 0 Å². The van der Waals surface area contributed by atoms with Gasteiger partial charge < -0.3 is 10.3 Å². The molecule has 0 fully saturated rings. The summed E-state index contributed by atoms with van der Waals surface area (Å²) in [4.78, 5) is 21.7. The SMILES string of the molecule is O=[N+]([O-])c1cnc2ccccc2c1NCc1cnc[nH]1. The Labute approximate surface area is 113 Å². The van der Waals surface area contributed by atoms with E-state index in [1.165, 1.54) is 6.20 Å². The fraction of sp³-hybridized carbons (Fsp3) is 0.0769. The van der Waals surface area contributed by atoms with Crippen LogP contribution in [-0.4, -0.2) is 19.9 Å². The molecule has 0 atom stereocenters. The summed E-state index contributed by atoms with van der Waals surface area (Å²) in [5.41, 5.74) is 1.99. The Morgan fingerprint density at radius 1 is 1.30 bits per heavy atom. The molecule has 20 heavy (non-hydrogen) atoms. The first-order chi connectivity index (χ1) is 9.75. The highest BCUT2D eigenvalue weighted by atomic mass is 16.6. The largest absolute Gasteiger partial charge is 0.373 e. The Kier molecular flexibility index (Phi) is 3.00. The van der Waals surface area contributed by atoms with Crippen LogP contribution in [0.2, 0.25) is 0 Å². The molecule has 0 saturated heterocycles. The van der Waals surface area contributed by atoms with E-state index in [0.717, 1.165) is 11.1 Å². The van der Waals surface area contributed by atoms with Crippen molar-refractivity contribution in [2.75, 3.05) is 5.32 Å². The maximum absolute atomic E-state index is 11.1. The molecule has 2 aromatic heterocycles.